The zero-order valence-corrected chi connectivity index (χ0v) is 15.0. The van der Waals surface area contributed by atoms with Gasteiger partial charge in [0.15, 0.2) is 0 Å². The number of ether oxygens (including phenoxy) is 1. The molecular formula is C13H7Br3FNO3. The van der Waals surface area contributed by atoms with Crippen LogP contribution in [0.3, 0.4) is 0 Å². The molecule has 0 amide bonds. The van der Waals surface area contributed by atoms with Gasteiger partial charge in [-0.3, -0.25) is 10.1 Å². The Bertz CT molecular complexity index is 709. The lowest BCUT2D eigenvalue weighted by Gasteiger charge is -2.09. The summed E-state index contributed by atoms with van der Waals surface area (Å²) in [5, 5.41) is 11.7. The summed E-state index contributed by atoms with van der Waals surface area (Å²) in [5.74, 6) is -0.415. The van der Waals surface area contributed by atoms with Crippen LogP contribution < -0.4 is 4.74 Å². The molecular weight excluding hydrogens is 477 g/mol. The quantitative estimate of drug-likeness (QED) is 0.307. The van der Waals surface area contributed by atoms with Gasteiger partial charge in [-0.2, -0.15) is 0 Å². The van der Waals surface area contributed by atoms with Crippen molar-refractivity contribution in [2.24, 2.45) is 0 Å². The highest BCUT2D eigenvalue weighted by atomic mass is 79.9. The topological polar surface area (TPSA) is 52.4 Å². The van der Waals surface area contributed by atoms with E-state index in [2.05, 4.69) is 47.8 Å². The van der Waals surface area contributed by atoms with Crippen molar-refractivity contribution in [1.29, 1.82) is 0 Å². The highest BCUT2D eigenvalue weighted by molar-refractivity contribution is 9.11. The Morgan fingerprint density at radius 3 is 2.48 bits per heavy atom. The molecule has 0 bridgehead atoms. The summed E-state index contributed by atoms with van der Waals surface area (Å²) >= 11 is 9.62. The molecule has 0 unspecified atom stereocenters. The van der Waals surface area contributed by atoms with Crippen molar-refractivity contribution in [2.75, 3.05) is 0 Å². The molecule has 2 aromatic rings. The van der Waals surface area contributed by atoms with E-state index >= 15 is 0 Å². The summed E-state index contributed by atoms with van der Waals surface area (Å²) in [4.78, 5) is 10.4. The molecule has 0 N–H and O–H groups in total. The van der Waals surface area contributed by atoms with Crippen LogP contribution in [0.25, 0.3) is 0 Å². The van der Waals surface area contributed by atoms with Crippen molar-refractivity contribution in [2.45, 2.75) is 5.33 Å². The van der Waals surface area contributed by atoms with Crippen LogP contribution in [0.2, 0.25) is 0 Å². The van der Waals surface area contributed by atoms with E-state index in [0.29, 0.717) is 11.1 Å². The minimum atomic E-state index is -0.633. The summed E-state index contributed by atoms with van der Waals surface area (Å²) in [7, 11) is 0. The van der Waals surface area contributed by atoms with E-state index in [1.54, 1.807) is 18.2 Å². The van der Waals surface area contributed by atoms with E-state index in [1.165, 1.54) is 0 Å². The second kappa shape index (κ2) is 6.85. The molecule has 0 aliphatic carbocycles. The van der Waals surface area contributed by atoms with E-state index < -0.39 is 10.7 Å². The Morgan fingerprint density at radius 1 is 1.19 bits per heavy atom. The summed E-state index contributed by atoms with van der Waals surface area (Å²) in [6.07, 6.45) is 0. The van der Waals surface area contributed by atoms with Gasteiger partial charge in [-0.25, -0.2) is 4.39 Å². The van der Waals surface area contributed by atoms with Gasteiger partial charge in [-0.05, 0) is 33.6 Å². The summed E-state index contributed by atoms with van der Waals surface area (Å²) in [5.41, 5.74) is 0.683. The van der Waals surface area contributed by atoms with Gasteiger partial charge in [-0.1, -0.05) is 37.9 Å². The Kier molecular flexibility index (Phi) is 5.34. The Labute approximate surface area is 144 Å². The number of nitrogens with zero attached hydrogens (tertiary/aromatic N) is 1. The largest absolute Gasteiger partial charge is 0.450 e. The molecule has 0 atom stereocenters. The molecule has 0 radical (unpaired) electrons. The van der Waals surface area contributed by atoms with Crippen molar-refractivity contribution < 1.29 is 14.1 Å². The minimum Gasteiger partial charge on any atom is -0.450 e. The molecule has 0 spiro atoms. The Morgan fingerprint density at radius 2 is 1.90 bits per heavy atom. The maximum absolute atomic E-state index is 13.6. The lowest BCUT2D eigenvalue weighted by molar-refractivity contribution is -0.385. The molecule has 8 heteroatoms. The number of nitro benzene ring substituents is 1. The van der Waals surface area contributed by atoms with Crippen LogP contribution in [0.1, 0.15) is 5.56 Å². The fourth-order valence-electron chi connectivity index (χ4n) is 1.57. The van der Waals surface area contributed by atoms with Gasteiger partial charge in [0.2, 0.25) is 5.75 Å². The monoisotopic (exact) mass is 481 g/mol. The molecule has 0 aliphatic heterocycles. The zero-order chi connectivity index (χ0) is 15.6. The molecule has 0 fully saturated rings. The van der Waals surface area contributed by atoms with E-state index in [9.17, 15) is 14.5 Å². The summed E-state index contributed by atoms with van der Waals surface area (Å²) in [6, 6.07) is 7.18. The van der Waals surface area contributed by atoms with Gasteiger partial charge in [0.1, 0.15) is 11.6 Å². The molecule has 0 saturated carbocycles. The molecule has 2 rings (SSSR count). The second-order valence-electron chi connectivity index (χ2n) is 3.98. The minimum absolute atomic E-state index is 0.0115. The molecule has 2 aromatic carbocycles. The van der Waals surface area contributed by atoms with E-state index in [1.807, 2.05) is 0 Å². The standard InChI is InChI=1S/C13H7Br3FNO3/c14-6-7-1-2-8(3-9(7)15)21-13-5-11(17)10(16)4-12(13)18(19)20/h1-5H,6H2. The number of hydrogen-bond donors (Lipinski definition) is 0. The van der Waals surface area contributed by atoms with Crippen LogP contribution >= 0.6 is 47.8 Å². The molecule has 0 saturated heterocycles. The van der Waals surface area contributed by atoms with Gasteiger partial charge in [0, 0.05) is 21.9 Å². The Hall–Kier alpha value is -0.990. The van der Waals surface area contributed by atoms with Crippen molar-refractivity contribution in [1.82, 2.24) is 0 Å². The second-order valence-corrected chi connectivity index (χ2v) is 6.25. The van der Waals surface area contributed by atoms with E-state index in [-0.39, 0.29) is 15.9 Å². The van der Waals surface area contributed by atoms with Crippen molar-refractivity contribution >= 4 is 53.5 Å². The highest BCUT2D eigenvalue weighted by Gasteiger charge is 2.19. The average Bonchev–Trinajstić information content (AvgIpc) is 2.42. The first-order chi connectivity index (χ1) is 9.92. The van der Waals surface area contributed by atoms with Crippen molar-refractivity contribution in [3.8, 4) is 11.5 Å². The number of alkyl halides is 1. The van der Waals surface area contributed by atoms with Crippen molar-refractivity contribution in [3.63, 3.8) is 0 Å². The van der Waals surface area contributed by atoms with Gasteiger partial charge in [0.05, 0.1) is 9.40 Å². The maximum atomic E-state index is 13.6. The van der Waals surface area contributed by atoms with Gasteiger partial charge >= 0.3 is 5.69 Å². The van der Waals surface area contributed by atoms with Crippen LogP contribution in [-0.2, 0) is 5.33 Å². The molecule has 0 aliphatic rings. The molecule has 110 valence electrons. The average molecular weight is 484 g/mol. The lowest BCUT2D eigenvalue weighted by Crippen LogP contribution is -1.95. The first-order valence-electron chi connectivity index (χ1n) is 5.58. The van der Waals surface area contributed by atoms with Crippen LogP contribution in [0.5, 0.6) is 11.5 Å². The number of nitro groups is 1. The molecule has 4 nitrogen and oxygen atoms in total. The van der Waals surface area contributed by atoms with E-state index in [0.717, 1.165) is 22.2 Å². The zero-order valence-electron chi connectivity index (χ0n) is 10.3. The molecule has 21 heavy (non-hydrogen) atoms. The predicted octanol–water partition coefficient (Wildman–Crippen LogP) is 5.95. The Balaban J connectivity index is 2.41. The first-order valence-corrected chi connectivity index (χ1v) is 8.28. The number of benzene rings is 2. The molecule has 0 aromatic heterocycles. The predicted molar refractivity (Wildman–Crippen MR) is 87.6 cm³/mol. The van der Waals surface area contributed by atoms with E-state index in [4.69, 9.17) is 4.74 Å². The van der Waals surface area contributed by atoms with Gasteiger partial charge < -0.3 is 4.74 Å². The summed E-state index contributed by atoms with van der Waals surface area (Å²) < 4.78 is 19.8. The summed E-state index contributed by atoms with van der Waals surface area (Å²) in [6.45, 7) is 0. The van der Waals surface area contributed by atoms with Crippen LogP contribution in [0.4, 0.5) is 10.1 Å². The number of rotatable bonds is 4. The third-order valence-electron chi connectivity index (χ3n) is 2.59. The SMILES string of the molecule is O=[N+]([O-])c1cc(Br)c(F)cc1Oc1ccc(CBr)c(Br)c1. The number of hydrogen-bond acceptors (Lipinski definition) is 3. The van der Waals surface area contributed by atoms with Gasteiger partial charge in [-0.15, -0.1) is 0 Å². The van der Waals surface area contributed by atoms with Gasteiger partial charge in [0.25, 0.3) is 0 Å². The third-order valence-corrected chi connectivity index (χ3v) is 4.54. The lowest BCUT2D eigenvalue weighted by atomic mass is 10.2. The van der Waals surface area contributed by atoms with Crippen LogP contribution in [-0.4, -0.2) is 4.92 Å². The maximum Gasteiger partial charge on any atom is 0.312 e. The first kappa shape index (κ1) is 16.4. The normalized spacial score (nSPS) is 10.5. The fraction of sp³-hybridized carbons (Fsp3) is 0.0769. The fourth-order valence-corrected chi connectivity index (χ4v) is 3.26. The molecule has 0 heterocycles. The van der Waals surface area contributed by atoms with Crippen molar-refractivity contribution in [3.05, 3.63) is 60.8 Å². The number of halogens is 4. The smallest absolute Gasteiger partial charge is 0.312 e. The van der Waals surface area contributed by atoms with Crippen LogP contribution in [0, 0.1) is 15.9 Å². The highest BCUT2D eigenvalue weighted by Crippen LogP contribution is 2.36. The van der Waals surface area contributed by atoms with Crippen LogP contribution in [0.15, 0.2) is 39.3 Å². The third kappa shape index (κ3) is 3.81.